The molecule has 0 bridgehead atoms. The number of hydrogen-bond acceptors (Lipinski definition) is 5. The fraction of sp³-hybridized carbons (Fsp3) is 0.214. The maximum Gasteiger partial charge on any atom is 0.293 e. The molecule has 0 saturated heterocycles. The van der Waals surface area contributed by atoms with Gasteiger partial charge in [-0.05, 0) is 28.1 Å². The zero-order valence-electron chi connectivity index (χ0n) is 12.3. The lowest BCUT2D eigenvalue weighted by Gasteiger charge is -2.06. The van der Waals surface area contributed by atoms with Gasteiger partial charge < -0.3 is 9.47 Å². The maximum absolute atomic E-state index is 11.9. The Morgan fingerprint density at radius 2 is 2.18 bits per heavy atom. The number of hydrazone groups is 1. The standard InChI is InChI=1S/C14H15BrN4O3/c1-19-8-11(15)13(18-19)14(20)17-16-7-9-4-5-10(21-2)6-12(9)22-3/h4-8H,1-3H3,(H,17,20). The van der Waals surface area contributed by atoms with Gasteiger partial charge in [0, 0.05) is 24.9 Å². The molecule has 1 N–H and O–H groups in total. The number of rotatable bonds is 5. The number of nitrogens with zero attached hydrogens (tertiary/aromatic N) is 3. The molecule has 1 amide bonds. The van der Waals surface area contributed by atoms with Gasteiger partial charge in [0.25, 0.3) is 5.91 Å². The van der Waals surface area contributed by atoms with Crippen molar-refractivity contribution in [3.63, 3.8) is 0 Å². The Morgan fingerprint density at radius 3 is 2.77 bits per heavy atom. The number of methoxy groups -OCH3 is 2. The molecule has 1 heterocycles. The van der Waals surface area contributed by atoms with E-state index in [1.165, 1.54) is 10.9 Å². The van der Waals surface area contributed by atoms with Crippen LogP contribution in [0.15, 0.2) is 34.0 Å². The summed E-state index contributed by atoms with van der Waals surface area (Å²) >= 11 is 3.26. The molecule has 0 radical (unpaired) electrons. The summed E-state index contributed by atoms with van der Waals surface area (Å²) in [5.41, 5.74) is 3.40. The molecule has 0 spiro atoms. The Bertz CT molecular complexity index is 712. The van der Waals surface area contributed by atoms with Gasteiger partial charge in [-0.2, -0.15) is 10.2 Å². The van der Waals surface area contributed by atoms with Crippen molar-refractivity contribution in [2.75, 3.05) is 14.2 Å². The summed E-state index contributed by atoms with van der Waals surface area (Å²) in [6.45, 7) is 0. The highest BCUT2D eigenvalue weighted by atomic mass is 79.9. The van der Waals surface area contributed by atoms with Crippen LogP contribution in [-0.4, -0.2) is 36.1 Å². The molecule has 22 heavy (non-hydrogen) atoms. The van der Waals surface area contributed by atoms with Crippen LogP contribution in [0.2, 0.25) is 0 Å². The van der Waals surface area contributed by atoms with E-state index >= 15 is 0 Å². The number of nitrogens with one attached hydrogen (secondary N) is 1. The van der Waals surface area contributed by atoms with Gasteiger partial charge in [0.1, 0.15) is 11.5 Å². The third kappa shape index (κ3) is 3.64. The Balaban J connectivity index is 2.09. The summed E-state index contributed by atoms with van der Waals surface area (Å²) < 4.78 is 12.5. The van der Waals surface area contributed by atoms with Crippen molar-refractivity contribution in [2.45, 2.75) is 0 Å². The zero-order chi connectivity index (χ0) is 16.1. The predicted molar refractivity (Wildman–Crippen MR) is 85.5 cm³/mol. The molecule has 116 valence electrons. The first-order chi connectivity index (χ1) is 10.5. The van der Waals surface area contributed by atoms with Gasteiger partial charge in [-0.25, -0.2) is 5.43 Å². The lowest BCUT2D eigenvalue weighted by molar-refractivity contribution is 0.0948. The van der Waals surface area contributed by atoms with Crippen LogP contribution in [0, 0.1) is 0 Å². The minimum atomic E-state index is -0.406. The number of halogens is 1. The van der Waals surface area contributed by atoms with E-state index in [9.17, 15) is 4.79 Å². The molecule has 0 fully saturated rings. The third-order valence-corrected chi connectivity index (χ3v) is 3.39. The molecule has 0 aliphatic rings. The summed E-state index contributed by atoms with van der Waals surface area (Å²) in [5.74, 6) is 0.864. The molecule has 2 aromatic rings. The van der Waals surface area contributed by atoms with Crippen molar-refractivity contribution in [1.29, 1.82) is 0 Å². The van der Waals surface area contributed by atoms with Crippen molar-refractivity contribution in [1.82, 2.24) is 15.2 Å². The van der Waals surface area contributed by atoms with Crippen LogP contribution >= 0.6 is 15.9 Å². The maximum atomic E-state index is 11.9. The highest BCUT2D eigenvalue weighted by Gasteiger charge is 2.13. The van der Waals surface area contributed by atoms with Gasteiger partial charge in [0.15, 0.2) is 5.69 Å². The van der Waals surface area contributed by atoms with Crippen molar-refractivity contribution in [3.8, 4) is 11.5 Å². The third-order valence-electron chi connectivity index (χ3n) is 2.81. The fourth-order valence-electron chi connectivity index (χ4n) is 1.75. The lowest BCUT2D eigenvalue weighted by Crippen LogP contribution is -2.19. The number of amides is 1. The Labute approximate surface area is 136 Å². The summed E-state index contributed by atoms with van der Waals surface area (Å²) in [5, 5.41) is 7.95. The number of hydrogen-bond donors (Lipinski definition) is 1. The Kier molecular flexibility index (Phi) is 5.16. The molecule has 1 aromatic carbocycles. The number of carbonyl (C=O) groups is 1. The molecule has 2 rings (SSSR count). The summed E-state index contributed by atoms with van der Waals surface area (Å²) in [6.07, 6.45) is 3.18. The van der Waals surface area contributed by atoms with E-state index in [0.717, 1.165) is 0 Å². The van der Waals surface area contributed by atoms with Gasteiger partial charge in [0.2, 0.25) is 0 Å². The minimum absolute atomic E-state index is 0.265. The van der Waals surface area contributed by atoms with Gasteiger partial charge in [-0.1, -0.05) is 0 Å². The summed E-state index contributed by atoms with van der Waals surface area (Å²) in [4.78, 5) is 11.9. The number of aromatic nitrogens is 2. The SMILES string of the molecule is COc1ccc(C=NNC(=O)c2nn(C)cc2Br)c(OC)c1. The first kappa shape index (κ1) is 16.0. The zero-order valence-corrected chi connectivity index (χ0v) is 13.9. The van der Waals surface area contributed by atoms with Gasteiger partial charge >= 0.3 is 0 Å². The van der Waals surface area contributed by atoms with Crippen LogP contribution in [0.3, 0.4) is 0 Å². The molecule has 1 aromatic heterocycles. The van der Waals surface area contributed by atoms with Crippen LogP contribution in [0.5, 0.6) is 11.5 Å². The average molecular weight is 367 g/mol. The second-order valence-electron chi connectivity index (χ2n) is 4.31. The highest BCUT2D eigenvalue weighted by Crippen LogP contribution is 2.23. The molecule has 0 aliphatic carbocycles. The second-order valence-corrected chi connectivity index (χ2v) is 5.16. The summed E-state index contributed by atoms with van der Waals surface area (Å²) in [7, 11) is 4.86. The molecule has 8 heteroatoms. The Morgan fingerprint density at radius 1 is 1.41 bits per heavy atom. The predicted octanol–water partition coefficient (Wildman–Crippen LogP) is 1.96. The second kappa shape index (κ2) is 7.08. The molecular weight excluding hydrogens is 352 g/mol. The minimum Gasteiger partial charge on any atom is -0.497 e. The fourth-order valence-corrected chi connectivity index (χ4v) is 2.31. The van der Waals surface area contributed by atoms with Crippen molar-refractivity contribution in [3.05, 3.63) is 40.1 Å². The van der Waals surface area contributed by atoms with E-state index in [4.69, 9.17) is 9.47 Å². The van der Waals surface area contributed by atoms with Gasteiger partial charge in [-0.15, -0.1) is 0 Å². The molecule has 0 atom stereocenters. The van der Waals surface area contributed by atoms with E-state index in [0.29, 0.717) is 21.5 Å². The van der Waals surface area contributed by atoms with Crippen molar-refractivity contribution < 1.29 is 14.3 Å². The van der Waals surface area contributed by atoms with Crippen LogP contribution in [0.4, 0.5) is 0 Å². The quantitative estimate of drug-likeness (QED) is 0.648. The van der Waals surface area contributed by atoms with Crippen molar-refractivity contribution in [2.24, 2.45) is 12.1 Å². The smallest absolute Gasteiger partial charge is 0.293 e. The number of ether oxygens (including phenoxy) is 2. The average Bonchev–Trinajstić information content (AvgIpc) is 2.86. The van der Waals surface area contributed by atoms with Gasteiger partial charge in [0.05, 0.1) is 24.9 Å². The first-order valence-corrected chi connectivity index (χ1v) is 7.09. The van der Waals surface area contributed by atoms with Crippen molar-refractivity contribution >= 4 is 28.1 Å². The van der Waals surface area contributed by atoms with Gasteiger partial charge in [-0.3, -0.25) is 9.48 Å². The van der Waals surface area contributed by atoms with Crippen LogP contribution in [0.25, 0.3) is 0 Å². The number of aryl methyl sites for hydroxylation is 1. The first-order valence-electron chi connectivity index (χ1n) is 6.29. The monoisotopic (exact) mass is 366 g/mol. The lowest BCUT2D eigenvalue weighted by atomic mass is 10.2. The molecule has 7 nitrogen and oxygen atoms in total. The van der Waals surface area contributed by atoms with Crippen LogP contribution in [-0.2, 0) is 7.05 Å². The molecule has 0 saturated carbocycles. The normalized spacial score (nSPS) is 10.7. The number of benzene rings is 1. The van der Waals surface area contributed by atoms with Crippen LogP contribution < -0.4 is 14.9 Å². The van der Waals surface area contributed by atoms with E-state index in [1.54, 1.807) is 45.7 Å². The number of carbonyl (C=O) groups excluding carboxylic acids is 1. The highest BCUT2D eigenvalue weighted by molar-refractivity contribution is 9.10. The molecular formula is C14H15BrN4O3. The van der Waals surface area contributed by atoms with E-state index in [-0.39, 0.29) is 5.69 Å². The molecule has 0 unspecified atom stereocenters. The topological polar surface area (TPSA) is 77.7 Å². The Hall–Kier alpha value is -2.35. The van der Waals surface area contributed by atoms with E-state index in [2.05, 4.69) is 31.6 Å². The summed E-state index contributed by atoms with van der Waals surface area (Å²) in [6, 6.07) is 5.30. The molecule has 0 aliphatic heterocycles. The largest absolute Gasteiger partial charge is 0.497 e. The van der Waals surface area contributed by atoms with E-state index < -0.39 is 5.91 Å². The van der Waals surface area contributed by atoms with E-state index in [1.807, 2.05) is 0 Å². The van der Waals surface area contributed by atoms with Crippen LogP contribution in [0.1, 0.15) is 16.1 Å².